The Balaban J connectivity index is 4.31. The highest BCUT2D eigenvalue weighted by Crippen LogP contribution is 2.10. The summed E-state index contributed by atoms with van der Waals surface area (Å²) < 4.78 is 23.0. The summed E-state index contributed by atoms with van der Waals surface area (Å²) in [6, 6.07) is 1.88. The average Bonchev–Trinajstić information content (AvgIpc) is 1.95. The van der Waals surface area contributed by atoms with Gasteiger partial charge in [-0.05, 0) is 5.92 Å². The third-order valence-electron chi connectivity index (χ3n) is 1.35. The highest BCUT2D eigenvalue weighted by molar-refractivity contribution is 8.11. The molecule has 13 heavy (non-hydrogen) atoms. The van der Waals surface area contributed by atoms with Gasteiger partial charge in [0.1, 0.15) is 0 Å². The zero-order chi connectivity index (χ0) is 10.5. The quantitative estimate of drug-likeness (QED) is 0.663. The summed E-state index contributed by atoms with van der Waals surface area (Å²) >= 11 is 0. The van der Waals surface area contributed by atoms with Gasteiger partial charge in [-0.1, -0.05) is 13.8 Å². The van der Waals surface area contributed by atoms with E-state index in [0.717, 1.165) is 4.31 Å². The molecule has 0 aliphatic rings. The van der Waals surface area contributed by atoms with Crippen LogP contribution in [-0.4, -0.2) is 25.8 Å². The van der Waals surface area contributed by atoms with Gasteiger partial charge in [-0.15, -0.1) is 0 Å². The van der Waals surface area contributed by atoms with E-state index in [2.05, 4.69) is 0 Å². The number of hydrogen-bond donors (Lipinski definition) is 0. The zero-order valence-corrected chi connectivity index (χ0v) is 9.27. The van der Waals surface area contributed by atoms with E-state index < -0.39 is 9.24 Å². The fourth-order valence-corrected chi connectivity index (χ4v) is 2.03. The lowest BCUT2D eigenvalue weighted by Gasteiger charge is -2.18. The predicted octanol–water partition coefficient (Wildman–Crippen LogP) is 1.34. The predicted molar refractivity (Wildman–Crippen MR) is 51.4 cm³/mol. The van der Waals surface area contributed by atoms with Gasteiger partial charge < -0.3 is 0 Å². The molecule has 0 aromatic rings. The fourth-order valence-electron chi connectivity index (χ4n) is 0.871. The van der Waals surface area contributed by atoms with Gasteiger partial charge in [0.15, 0.2) is 0 Å². The molecule has 0 spiro atoms. The third kappa shape index (κ3) is 5.86. The average molecular weight is 225 g/mol. The maximum absolute atomic E-state index is 11.0. The monoisotopic (exact) mass is 224 g/mol. The Labute approximate surface area is 83.6 Å². The van der Waals surface area contributed by atoms with Gasteiger partial charge in [-0.25, -0.2) is 0 Å². The summed E-state index contributed by atoms with van der Waals surface area (Å²) in [4.78, 5) is 0. The number of hydrogen-bond acceptors (Lipinski definition) is 3. The highest BCUT2D eigenvalue weighted by Gasteiger charge is 2.19. The molecule has 0 aliphatic carbocycles. The smallest absolute Gasteiger partial charge is 0.198 e. The van der Waals surface area contributed by atoms with Crippen molar-refractivity contribution in [2.75, 3.05) is 13.1 Å². The molecule has 0 bridgehead atoms. The maximum atomic E-state index is 11.0. The lowest BCUT2D eigenvalue weighted by atomic mass is 10.2. The first-order chi connectivity index (χ1) is 5.88. The topological polar surface area (TPSA) is 61.2 Å². The minimum Gasteiger partial charge on any atom is -0.198 e. The van der Waals surface area contributed by atoms with Crippen LogP contribution >= 0.6 is 10.7 Å². The lowest BCUT2D eigenvalue weighted by molar-refractivity contribution is 0.380. The summed E-state index contributed by atoms with van der Waals surface area (Å²) in [5.74, 6) is 0.201. The minimum atomic E-state index is -3.68. The van der Waals surface area contributed by atoms with Crippen molar-refractivity contribution < 1.29 is 8.42 Å². The van der Waals surface area contributed by atoms with E-state index in [1.165, 1.54) is 0 Å². The molecule has 0 atom stereocenters. The van der Waals surface area contributed by atoms with Crippen molar-refractivity contribution in [2.45, 2.75) is 20.3 Å². The van der Waals surface area contributed by atoms with Crippen molar-refractivity contribution in [3.8, 4) is 6.07 Å². The molecule has 0 amide bonds. The van der Waals surface area contributed by atoms with Crippen LogP contribution in [0.5, 0.6) is 0 Å². The van der Waals surface area contributed by atoms with E-state index in [1.807, 2.05) is 19.9 Å². The Morgan fingerprint density at radius 1 is 1.54 bits per heavy atom. The first-order valence-electron chi connectivity index (χ1n) is 3.94. The first-order valence-corrected chi connectivity index (χ1v) is 6.21. The van der Waals surface area contributed by atoms with Crippen LogP contribution in [0.25, 0.3) is 0 Å². The number of rotatable bonds is 5. The van der Waals surface area contributed by atoms with E-state index in [-0.39, 0.29) is 18.9 Å². The van der Waals surface area contributed by atoms with Crippen molar-refractivity contribution >= 4 is 19.9 Å². The van der Waals surface area contributed by atoms with Gasteiger partial charge in [-0.3, -0.25) is 0 Å². The zero-order valence-electron chi connectivity index (χ0n) is 7.70. The summed E-state index contributed by atoms with van der Waals surface area (Å²) in [5, 5.41) is 8.30. The SMILES string of the molecule is CC(C)CN(CCC#N)S(=O)(=O)Cl. The first kappa shape index (κ1) is 12.7. The Bertz CT molecular complexity index is 281. The molecular weight excluding hydrogens is 212 g/mol. The van der Waals surface area contributed by atoms with Crippen molar-refractivity contribution in [1.29, 1.82) is 5.26 Å². The highest BCUT2D eigenvalue weighted by atomic mass is 35.7. The summed E-state index contributed by atoms with van der Waals surface area (Å²) in [5.41, 5.74) is 0. The molecule has 0 N–H and O–H groups in total. The number of nitriles is 1. The van der Waals surface area contributed by atoms with Crippen molar-refractivity contribution in [2.24, 2.45) is 5.92 Å². The molecule has 6 heteroatoms. The van der Waals surface area contributed by atoms with Crippen LogP contribution in [0.3, 0.4) is 0 Å². The van der Waals surface area contributed by atoms with Gasteiger partial charge in [0.2, 0.25) is 0 Å². The second-order valence-corrected chi connectivity index (χ2v) is 5.61. The molecule has 0 unspecified atom stereocenters. The molecule has 0 rings (SSSR count). The lowest BCUT2D eigenvalue weighted by Crippen LogP contribution is -2.31. The largest absolute Gasteiger partial charge is 0.299 e. The maximum Gasteiger partial charge on any atom is 0.299 e. The second-order valence-electron chi connectivity index (χ2n) is 3.10. The Kier molecular flexibility index (Phi) is 5.30. The normalized spacial score (nSPS) is 12.0. The molecule has 4 nitrogen and oxygen atoms in total. The van der Waals surface area contributed by atoms with E-state index in [4.69, 9.17) is 15.9 Å². The molecule has 0 radical (unpaired) electrons. The van der Waals surface area contributed by atoms with Crippen molar-refractivity contribution in [3.63, 3.8) is 0 Å². The Morgan fingerprint density at radius 2 is 2.08 bits per heavy atom. The van der Waals surface area contributed by atoms with E-state index in [1.54, 1.807) is 0 Å². The van der Waals surface area contributed by atoms with Crippen LogP contribution in [0.1, 0.15) is 20.3 Å². The molecule has 0 saturated heterocycles. The Morgan fingerprint density at radius 3 is 2.38 bits per heavy atom. The molecule has 0 saturated carbocycles. The van der Waals surface area contributed by atoms with Crippen LogP contribution in [0.2, 0.25) is 0 Å². The van der Waals surface area contributed by atoms with Gasteiger partial charge in [-0.2, -0.15) is 18.0 Å². The molecular formula is C7H13ClN2O2S. The van der Waals surface area contributed by atoms with Crippen LogP contribution in [-0.2, 0) is 9.24 Å². The fraction of sp³-hybridized carbons (Fsp3) is 0.857. The summed E-state index contributed by atoms with van der Waals surface area (Å²) in [6.45, 7) is 4.30. The van der Waals surface area contributed by atoms with Crippen LogP contribution in [0.15, 0.2) is 0 Å². The Hall–Kier alpha value is -0.310. The molecule has 0 aliphatic heterocycles. The van der Waals surface area contributed by atoms with Gasteiger partial charge in [0.05, 0.1) is 6.07 Å². The standard InChI is InChI=1S/C7H13ClN2O2S/c1-7(2)6-10(5-3-4-9)13(8,11)12/h7H,3,5-6H2,1-2H3. The molecule has 0 aromatic heterocycles. The molecule has 76 valence electrons. The van der Waals surface area contributed by atoms with Gasteiger partial charge in [0, 0.05) is 30.2 Å². The van der Waals surface area contributed by atoms with E-state index in [9.17, 15) is 8.42 Å². The van der Waals surface area contributed by atoms with Crippen molar-refractivity contribution in [3.05, 3.63) is 0 Å². The van der Waals surface area contributed by atoms with Gasteiger partial charge in [0.25, 0.3) is 9.24 Å². The van der Waals surface area contributed by atoms with Crippen LogP contribution in [0.4, 0.5) is 0 Å². The molecule has 0 fully saturated rings. The third-order valence-corrected chi connectivity index (χ3v) is 2.88. The van der Waals surface area contributed by atoms with E-state index in [0.29, 0.717) is 6.54 Å². The van der Waals surface area contributed by atoms with Crippen molar-refractivity contribution in [1.82, 2.24) is 4.31 Å². The summed E-state index contributed by atoms with van der Waals surface area (Å²) in [7, 11) is 1.49. The summed E-state index contributed by atoms with van der Waals surface area (Å²) in [6.07, 6.45) is 0.165. The second kappa shape index (κ2) is 5.43. The minimum absolute atomic E-state index is 0.165. The number of nitrogens with zero attached hydrogens (tertiary/aromatic N) is 2. The van der Waals surface area contributed by atoms with Crippen LogP contribution < -0.4 is 0 Å². The van der Waals surface area contributed by atoms with Crippen LogP contribution in [0, 0.1) is 17.2 Å². The number of halogens is 1. The van der Waals surface area contributed by atoms with E-state index >= 15 is 0 Å². The van der Waals surface area contributed by atoms with Gasteiger partial charge >= 0.3 is 0 Å². The molecule has 0 heterocycles. The molecule has 0 aromatic carbocycles.